The van der Waals surface area contributed by atoms with E-state index >= 15 is 0 Å². The normalized spacial score (nSPS) is 14.4. The average Bonchev–Trinajstić information content (AvgIpc) is 2.81. The summed E-state index contributed by atoms with van der Waals surface area (Å²) in [5, 5.41) is 0.775. The Hall–Kier alpha value is -2.57. The van der Waals surface area contributed by atoms with Crippen LogP contribution in [0.4, 0.5) is 0 Å². The van der Waals surface area contributed by atoms with Crippen LogP contribution in [0.15, 0.2) is 78.9 Å². The quantitative estimate of drug-likeness (QED) is 0.370. The van der Waals surface area contributed by atoms with Gasteiger partial charge in [-0.2, -0.15) is 0 Å². The summed E-state index contributed by atoms with van der Waals surface area (Å²) in [7, 11) is 0. The summed E-state index contributed by atoms with van der Waals surface area (Å²) in [5.41, 5.74) is 10.6. The molecule has 1 heteroatoms. The Morgan fingerprint density at radius 1 is 0.583 bits per heavy atom. The monoisotopic (exact) mass is 326 g/mol. The number of fused-ring (bicyclic) bond motifs is 3. The lowest BCUT2D eigenvalue weighted by Crippen LogP contribution is -1.92. The molecular formula is C23H15Cl. The number of rotatable bonds is 1. The van der Waals surface area contributed by atoms with Gasteiger partial charge in [-0.3, -0.25) is 0 Å². The topological polar surface area (TPSA) is 0 Å². The highest BCUT2D eigenvalue weighted by Gasteiger charge is 2.27. The maximum Gasteiger partial charge on any atom is 0.0406 e. The molecule has 5 rings (SSSR count). The molecule has 0 nitrogen and oxygen atoms in total. The Balaban J connectivity index is 1.77. The minimum atomic E-state index is 0.775. The van der Waals surface area contributed by atoms with Gasteiger partial charge in [-0.15, -0.1) is 0 Å². The van der Waals surface area contributed by atoms with Crippen LogP contribution >= 0.6 is 11.6 Å². The molecule has 0 amide bonds. The van der Waals surface area contributed by atoms with E-state index in [0.717, 1.165) is 11.4 Å². The maximum atomic E-state index is 6.07. The van der Waals surface area contributed by atoms with E-state index in [0.29, 0.717) is 0 Å². The van der Waals surface area contributed by atoms with Crippen molar-refractivity contribution in [1.82, 2.24) is 0 Å². The van der Waals surface area contributed by atoms with Crippen molar-refractivity contribution in [3.05, 3.63) is 106 Å². The molecule has 0 heterocycles. The zero-order chi connectivity index (χ0) is 16.1. The summed E-state index contributed by atoms with van der Waals surface area (Å²) < 4.78 is 0. The van der Waals surface area contributed by atoms with E-state index in [1.54, 1.807) is 0 Å². The van der Waals surface area contributed by atoms with Crippen molar-refractivity contribution in [3.8, 4) is 11.1 Å². The van der Waals surface area contributed by atoms with E-state index in [1.807, 2.05) is 12.1 Å². The Morgan fingerprint density at radius 2 is 1.25 bits per heavy atom. The van der Waals surface area contributed by atoms with E-state index in [4.69, 9.17) is 11.6 Å². The highest BCUT2D eigenvalue weighted by molar-refractivity contribution is 6.30. The minimum absolute atomic E-state index is 0.775. The predicted octanol–water partition coefficient (Wildman–Crippen LogP) is 6.59. The Morgan fingerprint density at radius 3 is 2.08 bits per heavy atom. The van der Waals surface area contributed by atoms with E-state index in [9.17, 15) is 0 Å². The minimum Gasteiger partial charge on any atom is -0.0843 e. The molecule has 2 aliphatic rings. The highest BCUT2D eigenvalue weighted by Crippen LogP contribution is 2.49. The molecule has 0 radical (unpaired) electrons. The summed E-state index contributed by atoms with van der Waals surface area (Å²) in [4.78, 5) is 0. The Bertz CT molecular complexity index is 1020. The number of allylic oxidation sites excluding steroid dienone is 2. The molecule has 0 saturated heterocycles. The molecule has 3 aromatic rings. The van der Waals surface area contributed by atoms with Gasteiger partial charge in [0.2, 0.25) is 0 Å². The molecule has 3 aromatic carbocycles. The summed E-state index contributed by atoms with van der Waals surface area (Å²) in [6.45, 7) is 0. The molecular weight excluding hydrogens is 312 g/mol. The van der Waals surface area contributed by atoms with E-state index in [2.05, 4.69) is 66.7 Å². The zero-order valence-electron chi connectivity index (χ0n) is 13.1. The first kappa shape index (κ1) is 13.8. The van der Waals surface area contributed by atoms with Crippen LogP contribution in [0.5, 0.6) is 0 Å². The highest BCUT2D eigenvalue weighted by atomic mass is 35.5. The van der Waals surface area contributed by atoms with Gasteiger partial charge in [0.05, 0.1) is 0 Å². The summed E-state index contributed by atoms with van der Waals surface area (Å²) in [6, 6.07) is 23.5. The fraction of sp³-hybridized carbons (Fsp3) is 0.0435. The van der Waals surface area contributed by atoms with Crippen LogP contribution in [0.25, 0.3) is 22.3 Å². The van der Waals surface area contributed by atoms with Crippen LogP contribution in [-0.4, -0.2) is 0 Å². The molecule has 0 saturated carbocycles. The molecule has 0 atom stereocenters. The Kier molecular flexibility index (Phi) is 3.01. The van der Waals surface area contributed by atoms with Crippen LogP contribution in [0.3, 0.4) is 0 Å². The molecule has 2 aliphatic carbocycles. The number of halogens is 1. The van der Waals surface area contributed by atoms with Gasteiger partial charge in [0, 0.05) is 5.02 Å². The van der Waals surface area contributed by atoms with E-state index < -0.39 is 0 Å². The molecule has 0 spiro atoms. The standard InChI is InChI=1S/C23H15Cl/c24-16-13-11-15(12-14-16)17-7-3-9-21-18-5-1-2-6-19(18)22-10-4-8-20(17)23(21)22/h1-2,4-14H,3H2. The molecule has 0 N–H and O–H groups in total. The maximum absolute atomic E-state index is 6.07. The first-order valence-electron chi connectivity index (χ1n) is 8.23. The molecule has 0 bridgehead atoms. The van der Waals surface area contributed by atoms with Crippen molar-refractivity contribution in [2.45, 2.75) is 6.42 Å². The van der Waals surface area contributed by atoms with Crippen molar-refractivity contribution in [2.75, 3.05) is 0 Å². The molecule has 0 fully saturated rings. The SMILES string of the molecule is Clc1ccc(C2=CCC=C3c4ccccc4-c4cccc2c43)cc1. The second-order valence-electron chi connectivity index (χ2n) is 6.25. The van der Waals surface area contributed by atoms with Gasteiger partial charge in [-0.05, 0) is 63.1 Å². The molecule has 0 unspecified atom stereocenters. The van der Waals surface area contributed by atoms with Crippen molar-refractivity contribution in [1.29, 1.82) is 0 Å². The van der Waals surface area contributed by atoms with Gasteiger partial charge in [-0.1, -0.05) is 78.4 Å². The third kappa shape index (κ3) is 1.93. The second kappa shape index (κ2) is 5.22. The number of hydrogen-bond acceptors (Lipinski definition) is 0. The molecule has 0 aliphatic heterocycles. The summed E-state index contributed by atoms with van der Waals surface area (Å²) in [5.74, 6) is 0. The fourth-order valence-corrected chi connectivity index (χ4v) is 4.02. The lowest BCUT2D eigenvalue weighted by atomic mass is 9.91. The number of hydrogen-bond donors (Lipinski definition) is 0. The summed E-state index contributed by atoms with van der Waals surface area (Å²) >= 11 is 6.07. The van der Waals surface area contributed by atoms with E-state index in [-0.39, 0.29) is 0 Å². The first-order chi connectivity index (χ1) is 11.8. The second-order valence-corrected chi connectivity index (χ2v) is 6.69. The van der Waals surface area contributed by atoms with Crippen LogP contribution in [0.1, 0.15) is 28.7 Å². The lowest BCUT2D eigenvalue weighted by molar-refractivity contribution is 1.40. The van der Waals surface area contributed by atoms with Gasteiger partial charge < -0.3 is 0 Å². The zero-order valence-corrected chi connectivity index (χ0v) is 13.8. The van der Waals surface area contributed by atoms with Gasteiger partial charge in [-0.25, -0.2) is 0 Å². The van der Waals surface area contributed by atoms with Crippen LogP contribution < -0.4 is 0 Å². The number of benzene rings is 3. The van der Waals surface area contributed by atoms with E-state index in [1.165, 1.54) is 44.5 Å². The lowest BCUT2D eigenvalue weighted by Gasteiger charge is -2.13. The van der Waals surface area contributed by atoms with Gasteiger partial charge in [0.1, 0.15) is 0 Å². The smallest absolute Gasteiger partial charge is 0.0406 e. The first-order valence-corrected chi connectivity index (χ1v) is 8.60. The van der Waals surface area contributed by atoms with Crippen molar-refractivity contribution in [3.63, 3.8) is 0 Å². The Labute approximate surface area is 146 Å². The third-order valence-electron chi connectivity index (χ3n) is 4.93. The van der Waals surface area contributed by atoms with Crippen molar-refractivity contribution >= 4 is 22.7 Å². The largest absolute Gasteiger partial charge is 0.0843 e. The van der Waals surface area contributed by atoms with Crippen LogP contribution in [0.2, 0.25) is 5.02 Å². The third-order valence-corrected chi connectivity index (χ3v) is 5.18. The average molecular weight is 327 g/mol. The van der Waals surface area contributed by atoms with Gasteiger partial charge in [0.15, 0.2) is 0 Å². The molecule has 24 heavy (non-hydrogen) atoms. The van der Waals surface area contributed by atoms with Gasteiger partial charge >= 0.3 is 0 Å². The van der Waals surface area contributed by atoms with Crippen LogP contribution in [0, 0.1) is 0 Å². The van der Waals surface area contributed by atoms with Crippen molar-refractivity contribution in [2.24, 2.45) is 0 Å². The van der Waals surface area contributed by atoms with Crippen LogP contribution in [-0.2, 0) is 0 Å². The summed E-state index contributed by atoms with van der Waals surface area (Å²) in [6.07, 6.45) is 5.62. The molecule has 0 aromatic heterocycles. The fourth-order valence-electron chi connectivity index (χ4n) is 3.90. The molecule has 114 valence electrons. The predicted molar refractivity (Wildman–Crippen MR) is 102 cm³/mol. The van der Waals surface area contributed by atoms with Crippen molar-refractivity contribution < 1.29 is 0 Å². The van der Waals surface area contributed by atoms with Gasteiger partial charge in [0.25, 0.3) is 0 Å².